The van der Waals surface area contributed by atoms with E-state index in [0.29, 0.717) is 11.1 Å². The number of hydrogen-bond acceptors (Lipinski definition) is 3. The highest BCUT2D eigenvalue weighted by molar-refractivity contribution is 6.29. The van der Waals surface area contributed by atoms with E-state index in [1.54, 1.807) is 10.7 Å². The Morgan fingerprint density at radius 2 is 2.12 bits per heavy atom. The van der Waals surface area contributed by atoms with Gasteiger partial charge < -0.3 is 0 Å². The molecule has 1 aliphatic carbocycles. The maximum absolute atomic E-state index is 5.99. The van der Waals surface area contributed by atoms with Crippen LogP contribution in [0.2, 0.25) is 5.15 Å². The lowest BCUT2D eigenvalue weighted by Crippen LogP contribution is -1.96. The molecule has 2 heterocycles. The van der Waals surface area contributed by atoms with E-state index < -0.39 is 0 Å². The fourth-order valence-electron chi connectivity index (χ4n) is 1.64. The van der Waals surface area contributed by atoms with Crippen LogP contribution in [-0.4, -0.2) is 19.7 Å². The minimum Gasteiger partial charge on any atom is -0.275 e. The second-order valence-corrected chi connectivity index (χ2v) is 4.47. The van der Waals surface area contributed by atoms with Gasteiger partial charge in [-0.3, -0.25) is 4.68 Å². The summed E-state index contributed by atoms with van der Waals surface area (Å²) in [6.45, 7) is 0. The average Bonchev–Trinajstić information content (AvgIpc) is 3.01. The van der Waals surface area contributed by atoms with Gasteiger partial charge in [-0.05, 0) is 18.9 Å². The zero-order valence-corrected chi connectivity index (χ0v) is 9.65. The zero-order valence-electron chi connectivity index (χ0n) is 8.89. The first-order valence-electron chi connectivity index (χ1n) is 5.27. The van der Waals surface area contributed by atoms with Gasteiger partial charge in [-0.1, -0.05) is 11.6 Å². The van der Waals surface area contributed by atoms with Crippen molar-refractivity contribution >= 4 is 11.6 Å². The highest BCUT2D eigenvalue weighted by Crippen LogP contribution is 2.39. The Bertz CT molecular complexity index is 531. The first kappa shape index (κ1) is 9.78. The van der Waals surface area contributed by atoms with Crippen LogP contribution in [0, 0.1) is 0 Å². The molecule has 82 valence electrons. The summed E-state index contributed by atoms with van der Waals surface area (Å²) in [6, 6.07) is 3.69. The second kappa shape index (κ2) is 3.56. The molecule has 2 aromatic heterocycles. The molecule has 1 fully saturated rings. The lowest BCUT2D eigenvalue weighted by molar-refractivity contribution is 0.769. The predicted molar refractivity (Wildman–Crippen MR) is 61.2 cm³/mol. The molecule has 0 N–H and O–H groups in total. The third-order valence-corrected chi connectivity index (χ3v) is 2.82. The highest BCUT2D eigenvalue weighted by Gasteiger charge is 2.27. The van der Waals surface area contributed by atoms with Crippen molar-refractivity contribution in [2.75, 3.05) is 0 Å². The van der Waals surface area contributed by atoms with Crippen LogP contribution in [0.1, 0.15) is 24.6 Å². The van der Waals surface area contributed by atoms with Crippen molar-refractivity contribution in [3.8, 4) is 11.4 Å². The van der Waals surface area contributed by atoms with Gasteiger partial charge in [0, 0.05) is 25.2 Å². The van der Waals surface area contributed by atoms with Crippen molar-refractivity contribution in [1.29, 1.82) is 0 Å². The number of aryl methyl sites for hydroxylation is 1. The van der Waals surface area contributed by atoms with Gasteiger partial charge in [0.25, 0.3) is 0 Å². The summed E-state index contributed by atoms with van der Waals surface area (Å²) < 4.78 is 1.75. The molecule has 0 spiro atoms. The quantitative estimate of drug-likeness (QED) is 0.750. The summed E-state index contributed by atoms with van der Waals surface area (Å²) in [5, 5.41) is 4.81. The molecule has 16 heavy (non-hydrogen) atoms. The molecule has 0 aliphatic heterocycles. The van der Waals surface area contributed by atoms with Crippen LogP contribution < -0.4 is 0 Å². The van der Waals surface area contributed by atoms with Crippen molar-refractivity contribution in [2.45, 2.75) is 18.8 Å². The minimum atomic E-state index is 0.498. The van der Waals surface area contributed by atoms with E-state index in [1.165, 1.54) is 12.8 Å². The number of halogens is 1. The largest absolute Gasteiger partial charge is 0.275 e. The lowest BCUT2D eigenvalue weighted by atomic mass is 10.3. The standard InChI is InChI=1S/C11H11ClN4/c1-16-5-4-8(15-16)9-6-10(12)14-11(13-9)7-2-3-7/h4-7H,2-3H2,1H3. The summed E-state index contributed by atoms with van der Waals surface area (Å²) in [7, 11) is 1.88. The Labute approximate surface area is 98.3 Å². The van der Waals surface area contributed by atoms with Crippen LogP contribution in [0.4, 0.5) is 0 Å². The summed E-state index contributed by atoms with van der Waals surface area (Å²) in [6.07, 6.45) is 4.23. The Morgan fingerprint density at radius 3 is 2.75 bits per heavy atom. The van der Waals surface area contributed by atoms with Gasteiger partial charge in [0.1, 0.15) is 16.7 Å². The average molecular weight is 235 g/mol. The molecule has 0 aromatic carbocycles. The molecular weight excluding hydrogens is 224 g/mol. The Hall–Kier alpha value is -1.42. The summed E-state index contributed by atoms with van der Waals surface area (Å²) in [5.41, 5.74) is 1.65. The van der Waals surface area contributed by atoms with Crippen LogP contribution in [0.3, 0.4) is 0 Å². The lowest BCUT2D eigenvalue weighted by Gasteiger charge is -2.01. The molecule has 0 atom stereocenters. The summed E-state index contributed by atoms with van der Waals surface area (Å²) in [5.74, 6) is 1.36. The molecule has 5 heteroatoms. The summed E-state index contributed by atoms with van der Waals surface area (Å²) >= 11 is 5.99. The second-order valence-electron chi connectivity index (χ2n) is 4.08. The molecule has 0 unspecified atom stereocenters. The normalized spacial score (nSPS) is 15.4. The first-order chi connectivity index (χ1) is 7.72. The van der Waals surface area contributed by atoms with Gasteiger partial charge >= 0.3 is 0 Å². The van der Waals surface area contributed by atoms with Gasteiger partial charge in [0.2, 0.25) is 0 Å². The van der Waals surface area contributed by atoms with E-state index in [4.69, 9.17) is 11.6 Å². The van der Waals surface area contributed by atoms with Crippen LogP contribution in [-0.2, 0) is 7.05 Å². The highest BCUT2D eigenvalue weighted by atomic mass is 35.5. The molecule has 1 saturated carbocycles. The molecule has 0 bridgehead atoms. The molecule has 1 aliphatic rings. The molecule has 3 rings (SSSR count). The minimum absolute atomic E-state index is 0.498. The Morgan fingerprint density at radius 1 is 1.31 bits per heavy atom. The maximum Gasteiger partial charge on any atom is 0.133 e. The molecule has 0 saturated heterocycles. The van der Waals surface area contributed by atoms with Gasteiger partial charge in [0.05, 0.1) is 5.69 Å². The van der Waals surface area contributed by atoms with Crippen LogP contribution in [0.5, 0.6) is 0 Å². The van der Waals surface area contributed by atoms with Crippen molar-refractivity contribution in [3.05, 3.63) is 29.3 Å². The monoisotopic (exact) mass is 234 g/mol. The van der Waals surface area contributed by atoms with E-state index in [1.807, 2.05) is 19.3 Å². The smallest absolute Gasteiger partial charge is 0.133 e. The van der Waals surface area contributed by atoms with E-state index in [0.717, 1.165) is 17.2 Å². The summed E-state index contributed by atoms with van der Waals surface area (Å²) in [4.78, 5) is 8.76. The molecule has 4 nitrogen and oxygen atoms in total. The van der Waals surface area contributed by atoms with Crippen LogP contribution in [0.25, 0.3) is 11.4 Å². The van der Waals surface area contributed by atoms with E-state index in [2.05, 4.69) is 15.1 Å². The van der Waals surface area contributed by atoms with Crippen LogP contribution >= 0.6 is 11.6 Å². The molecular formula is C11H11ClN4. The van der Waals surface area contributed by atoms with Gasteiger partial charge in [-0.25, -0.2) is 9.97 Å². The topological polar surface area (TPSA) is 43.6 Å². The fraction of sp³-hybridized carbons (Fsp3) is 0.364. The maximum atomic E-state index is 5.99. The molecule has 0 radical (unpaired) electrons. The van der Waals surface area contributed by atoms with E-state index in [-0.39, 0.29) is 0 Å². The number of rotatable bonds is 2. The van der Waals surface area contributed by atoms with Gasteiger partial charge in [-0.2, -0.15) is 5.10 Å². The van der Waals surface area contributed by atoms with Gasteiger partial charge in [-0.15, -0.1) is 0 Å². The zero-order chi connectivity index (χ0) is 11.1. The third-order valence-electron chi connectivity index (χ3n) is 2.63. The van der Waals surface area contributed by atoms with Gasteiger partial charge in [0.15, 0.2) is 0 Å². The van der Waals surface area contributed by atoms with Crippen molar-refractivity contribution in [2.24, 2.45) is 7.05 Å². The number of hydrogen-bond donors (Lipinski definition) is 0. The van der Waals surface area contributed by atoms with Crippen molar-refractivity contribution in [3.63, 3.8) is 0 Å². The Kier molecular flexibility index (Phi) is 2.17. The molecule has 2 aromatic rings. The van der Waals surface area contributed by atoms with Crippen molar-refractivity contribution in [1.82, 2.24) is 19.7 Å². The fourth-order valence-corrected chi connectivity index (χ4v) is 1.83. The van der Waals surface area contributed by atoms with E-state index in [9.17, 15) is 0 Å². The number of aromatic nitrogens is 4. The Balaban J connectivity index is 2.06. The van der Waals surface area contributed by atoms with Crippen molar-refractivity contribution < 1.29 is 0 Å². The van der Waals surface area contributed by atoms with E-state index >= 15 is 0 Å². The first-order valence-corrected chi connectivity index (χ1v) is 5.64. The molecule has 0 amide bonds. The number of nitrogens with zero attached hydrogens (tertiary/aromatic N) is 4. The predicted octanol–water partition coefficient (Wildman–Crippen LogP) is 2.41. The SMILES string of the molecule is Cn1ccc(-c2cc(Cl)nc(C3CC3)n2)n1. The third kappa shape index (κ3) is 1.80. The van der Waals surface area contributed by atoms with Crippen LogP contribution in [0.15, 0.2) is 18.3 Å².